The van der Waals surface area contributed by atoms with Crippen LogP contribution in [0.4, 0.5) is 5.69 Å². The molecule has 0 bridgehead atoms. The highest BCUT2D eigenvalue weighted by Gasteiger charge is 2.13. The Hall–Kier alpha value is -3.32. The van der Waals surface area contributed by atoms with Gasteiger partial charge in [0.1, 0.15) is 0 Å². The highest BCUT2D eigenvalue weighted by molar-refractivity contribution is 7.08. The number of anilines is 1. The van der Waals surface area contributed by atoms with Gasteiger partial charge in [-0.15, -0.1) is 0 Å². The van der Waals surface area contributed by atoms with E-state index in [1.165, 1.54) is 11.3 Å². The van der Waals surface area contributed by atoms with Crippen molar-refractivity contribution in [1.82, 2.24) is 15.1 Å². The lowest BCUT2D eigenvalue weighted by atomic mass is 10.1. The lowest BCUT2D eigenvalue weighted by Gasteiger charge is -2.09. The first kappa shape index (κ1) is 16.2. The summed E-state index contributed by atoms with van der Waals surface area (Å²) in [5.74, 6) is 0.828. The molecule has 0 unspecified atom stereocenters. The van der Waals surface area contributed by atoms with Crippen molar-refractivity contribution < 1.29 is 9.32 Å². The molecule has 0 saturated carbocycles. The number of thiophene rings is 1. The average Bonchev–Trinajstić information content (AvgIpc) is 3.36. The van der Waals surface area contributed by atoms with Crippen molar-refractivity contribution in [3.63, 3.8) is 0 Å². The highest BCUT2D eigenvalue weighted by atomic mass is 32.1. The summed E-state index contributed by atoms with van der Waals surface area (Å²) in [5, 5.41) is 10.6. The summed E-state index contributed by atoms with van der Waals surface area (Å²) in [6, 6.07) is 13.1. The van der Waals surface area contributed by atoms with E-state index in [2.05, 4.69) is 20.4 Å². The van der Waals surface area contributed by atoms with Gasteiger partial charge in [0.15, 0.2) is 0 Å². The second kappa shape index (κ2) is 7.28. The molecule has 0 aliphatic carbocycles. The van der Waals surface area contributed by atoms with Gasteiger partial charge in [0, 0.05) is 29.0 Å². The number of hydrogen-bond donors (Lipinski definition) is 1. The Kier molecular flexibility index (Phi) is 4.53. The molecule has 0 fully saturated rings. The monoisotopic (exact) mass is 362 g/mol. The van der Waals surface area contributed by atoms with Crippen LogP contribution in [0, 0.1) is 0 Å². The Morgan fingerprint density at radius 1 is 1.15 bits per heavy atom. The summed E-state index contributed by atoms with van der Waals surface area (Å²) in [7, 11) is 0. The fourth-order valence-corrected chi connectivity index (χ4v) is 3.12. The van der Waals surface area contributed by atoms with Crippen LogP contribution in [0.25, 0.3) is 11.4 Å². The summed E-state index contributed by atoms with van der Waals surface area (Å²) in [6.07, 6.45) is 3.80. The maximum atomic E-state index is 12.3. The number of carbonyl (C=O) groups is 1. The van der Waals surface area contributed by atoms with E-state index in [4.69, 9.17) is 4.52 Å². The van der Waals surface area contributed by atoms with Gasteiger partial charge in [-0.25, -0.2) is 0 Å². The molecule has 0 spiro atoms. The second-order valence-corrected chi connectivity index (χ2v) is 6.33. The van der Waals surface area contributed by atoms with E-state index in [0.717, 1.165) is 16.8 Å². The molecule has 1 amide bonds. The van der Waals surface area contributed by atoms with Gasteiger partial charge in [0.2, 0.25) is 11.7 Å². The van der Waals surface area contributed by atoms with E-state index >= 15 is 0 Å². The molecule has 0 atom stereocenters. The van der Waals surface area contributed by atoms with Crippen LogP contribution in [0.1, 0.15) is 21.8 Å². The van der Waals surface area contributed by atoms with Crippen LogP contribution >= 0.6 is 11.3 Å². The first-order valence-corrected chi connectivity index (χ1v) is 8.88. The molecule has 7 heteroatoms. The van der Waals surface area contributed by atoms with E-state index in [0.29, 0.717) is 23.7 Å². The molecule has 1 N–H and O–H groups in total. The lowest BCUT2D eigenvalue weighted by molar-refractivity contribution is 0.102. The van der Waals surface area contributed by atoms with Gasteiger partial charge < -0.3 is 9.84 Å². The Morgan fingerprint density at radius 3 is 2.88 bits per heavy atom. The van der Waals surface area contributed by atoms with Crippen LogP contribution in [0.5, 0.6) is 0 Å². The quantitative estimate of drug-likeness (QED) is 0.579. The van der Waals surface area contributed by atoms with Gasteiger partial charge in [-0.05, 0) is 35.2 Å². The number of para-hydroxylation sites is 1. The van der Waals surface area contributed by atoms with Crippen molar-refractivity contribution in [2.75, 3.05) is 5.32 Å². The van der Waals surface area contributed by atoms with E-state index in [9.17, 15) is 4.79 Å². The number of hydrogen-bond acceptors (Lipinski definition) is 6. The van der Waals surface area contributed by atoms with E-state index < -0.39 is 0 Å². The van der Waals surface area contributed by atoms with E-state index in [1.54, 1.807) is 18.5 Å². The molecule has 0 saturated heterocycles. The van der Waals surface area contributed by atoms with Gasteiger partial charge in [-0.2, -0.15) is 16.3 Å². The van der Waals surface area contributed by atoms with Crippen molar-refractivity contribution in [3.8, 4) is 11.4 Å². The van der Waals surface area contributed by atoms with E-state index in [-0.39, 0.29) is 5.91 Å². The number of nitrogens with zero attached hydrogens (tertiary/aromatic N) is 3. The van der Waals surface area contributed by atoms with Crippen molar-refractivity contribution >= 4 is 22.9 Å². The predicted octanol–water partition coefficient (Wildman–Crippen LogP) is 4.04. The number of nitrogens with one attached hydrogen (secondary N) is 1. The van der Waals surface area contributed by atoms with Crippen LogP contribution < -0.4 is 5.32 Å². The topological polar surface area (TPSA) is 80.9 Å². The lowest BCUT2D eigenvalue weighted by Crippen LogP contribution is -2.12. The maximum Gasteiger partial charge on any atom is 0.256 e. The van der Waals surface area contributed by atoms with Crippen molar-refractivity contribution in [1.29, 1.82) is 0 Å². The van der Waals surface area contributed by atoms with Crippen LogP contribution in [0.15, 0.2) is 70.1 Å². The minimum absolute atomic E-state index is 0.139. The minimum atomic E-state index is -0.139. The molecule has 1 aromatic carbocycles. The normalized spacial score (nSPS) is 10.6. The number of amides is 1. The smallest absolute Gasteiger partial charge is 0.256 e. The Morgan fingerprint density at radius 2 is 2.08 bits per heavy atom. The number of rotatable bonds is 5. The van der Waals surface area contributed by atoms with Gasteiger partial charge in [0.05, 0.1) is 12.0 Å². The molecule has 26 heavy (non-hydrogen) atoms. The molecular formula is C19H14N4O2S. The Labute approximate surface area is 153 Å². The molecule has 0 aliphatic rings. The largest absolute Gasteiger partial charge is 0.339 e. The molecule has 3 aromatic heterocycles. The number of benzene rings is 1. The van der Waals surface area contributed by atoms with Crippen molar-refractivity contribution in [2.24, 2.45) is 0 Å². The first-order chi connectivity index (χ1) is 12.8. The number of pyridine rings is 1. The molecule has 128 valence electrons. The van der Waals surface area contributed by atoms with Crippen LogP contribution in [-0.4, -0.2) is 21.0 Å². The molecule has 0 aliphatic heterocycles. The van der Waals surface area contributed by atoms with Gasteiger partial charge in [-0.3, -0.25) is 9.78 Å². The number of carbonyl (C=O) groups excluding carboxylic acids is 1. The maximum absolute atomic E-state index is 12.3. The van der Waals surface area contributed by atoms with Gasteiger partial charge in [0.25, 0.3) is 5.91 Å². The van der Waals surface area contributed by atoms with E-state index in [1.807, 2.05) is 47.2 Å². The second-order valence-electron chi connectivity index (χ2n) is 5.55. The summed E-state index contributed by atoms with van der Waals surface area (Å²) >= 11 is 1.49. The van der Waals surface area contributed by atoms with Crippen LogP contribution in [0.3, 0.4) is 0 Å². The van der Waals surface area contributed by atoms with Gasteiger partial charge >= 0.3 is 0 Å². The van der Waals surface area contributed by atoms with Gasteiger partial charge in [-0.1, -0.05) is 23.4 Å². The SMILES string of the molecule is O=C(Nc1ccccc1Cc1nc(-c2cccnc2)no1)c1ccsc1. The summed E-state index contributed by atoms with van der Waals surface area (Å²) in [4.78, 5) is 20.8. The standard InChI is InChI=1S/C19H14N4O2S/c24-19(15-7-9-26-12-15)21-16-6-2-1-4-13(16)10-17-22-18(23-25-17)14-5-3-8-20-11-14/h1-9,11-12H,10H2,(H,21,24). The number of aromatic nitrogens is 3. The third kappa shape index (κ3) is 3.52. The fraction of sp³-hybridized carbons (Fsp3) is 0.0526. The summed E-state index contributed by atoms with van der Waals surface area (Å²) in [5.41, 5.74) is 3.06. The third-order valence-corrected chi connectivity index (χ3v) is 4.46. The zero-order chi connectivity index (χ0) is 17.8. The van der Waals surface area contributed by atoms with Crippen LogP contribution in [0.2, 0.25) is 0 Å². The molecule has 6 nitrogen and oxygen atoms in total. The Bertz CT molecular complexity index is 1010. The first-order valence-electron chi connectivity index (χ1n) is 7.94. The molecule has 4 aromatic rings. The van der Waals surface area contributed by atoms with Crippen LogP contribution in [-0.2, 0) is 6.42 Å². The summed E-state index contributed by atoms with van der Waals surface area (Å²) < 4.78 is 5.36. The minimum Gasteiger partial charge on any atom is -0.339 e. The average molecular weight is 362 g/mol. The summed E-state index contributed by atoms with van der Waals surface area (Å²) in [6.45, 7) is 0. The highest BCUT2D eigenvalue weighted by Crippen LogP contribution is 2.21. The zero-order valence-corrected chi connectivity index (χ0v) is 14.4. The predicted molar refractivity (Wildman–Crippen MR) is 99.0 cm³/mol. The van der Waals surface area contributed by atoms with Crippen molar-refractivity contribution in [3.05, 3.63) is 82.6 Å². The fourth-order valence-electron chi connectivity index (χ4n) is 2.49. The molecule has 3 heterocycles. The third-order valence-electron chi connectivity index (χ3n) is 3.78. The Balaban J connectivity index is 1.54. The molecule has 4 rings (SSSR count). The zero-order valence-electron chi connectivity index (χ0n) is 13.6. The molecule has 0 radical (unpaired) electrons. The van der Waals surface area contributed by atoms with Crippen molar-refractivity contribution in [2.45, 2.75) is 6.42 Å². The molecular weight excluding hydrogens is 348 g/mol.